The Morgan fingerprint density at radius 3 is 1.89 bits per heavy atom. The van der Waals surface area contributed by atoms with Gasteiger partial charge in [-0.15, -0.1) is 0 Å². The van der Waals surface area contributed by atoms with Crippen molar-refractivity contribution in [1.29, 1.82) is 0 Å². The number of benzene rings is 2. The lowest BCUT2D eigenvalue weighted by Crippen LogP contribution is -2.15. The minimum Gasteiger partial charge on any atom is -0.368 e. The Balaban J connectivity index is 2.42. The van der Waals surface area contributed by atoms with Crippen molar-refractivity contribution in [2.45, 2.75) is 39.4 Å². The maximum absolute atomic E-state index is 13.5. The van der Waals surface area contributed by atoms with E-state index in [1.54, 1.807) is 26.0 Å². The Morgan fingerprint density at radius 2 is 1.46 bits per heavy atom. The molecule has 28 heavy (non-hydrogen) atoms. The average Bonchev–Trinajstić information content (AvgIpc) is 2.67. The fourth-order valence-electron chi connectivity index (χ4n) is 2.79. The number of nitrogens with zero attached hydrogens (tertiary/aromatic N) is 1. The maximum Gasteiger partial charge on any atom is 0.357 e. The van der Waals surface area contributed by atoms with Crippen LogP contribution in [0.25, 0.3) is 0 Å². The molecule has 8 heteroatoms. The highest BCUT2D eigenvalue weighted by Crippen LogP contribution is 2.60. The molecule has 0 heterocycles. The number of rotatable bonds is 10. The Hall–Kier alpha value is -2.21. The van der Waals surface area contributed by atoms with Crippen LogP contribution >= 0.6 is 7.60 Å². The van der Waals surface area contributed by atoms with Crippen LogP contribution in [-0.4, -0.2) is 18.1 Å². The first-order valence-corrected chi connectivity index (χ1v) is 10.9. The van der Waals surface area contributed by atoms with E-state index in [0.29, 0.717) is 11.5 Å². The van der Waals surface area contributed by atoms with Crippen molar-refractivity contribution in [3.05, 3.63) is 69.8 Å². The summed E-state index contributed by atoms with van der Waals surface area (Å²) in [7, 11) is -3.57. The van der Waals surface area contributed by atoms with E-state index in [4.69, 9.17) is 9.05 Å². The molecule has 0 radical (unpaired) electrons. The second-order valence-corrected chi connectivity index (χ2v) is 8.66. The van der Waals surface area contributed by atoms with Crippen LogP contribution in [0, 0.1) is 10.1 Å². The first kappa shape index (κ1) is 22.1. The van der Waals surface area contributed by atoms with E-state index in [1.807, 2.05) is 24.3 Å². The van der Waals surface area contributed by atoms with E-state index in [0.717, 1.165) is 5.69 Å². The van der Waals surface area contributed by atoms with E-state index in [2.05, 4.69) is 19.2 Å². The summed E-state index contributed by atoms with van der Waals surface area (Å²) in [6.07, 6.45) is 0. The molecule has 2 aromatic carbocycles. The highest BCUT2D eigenvalue weighted by Gasteiger charge is 2.37. The Morgan fingerprint density at radius 1 is 0.964 bits per heavy atom. The summed E-state index contributed by atoms with van der Waals surface area (Å²) in [5.41, 5.74) is 2.50. The number of hydrogen-bond acceptors (Lipinski definition) is 6. The lowest BCUT2D eigenvalue weighted by atomic mass is 10.0. The SMILES string of the molecule is CCOP(=O)(OCC)C(Nc1ccc(C(C)C)cc1)c1ccc([N+](=O)[O-])cc1. The van der Waals surface area contributed by atoms with E-state index in [-0.39, 0.29) is 18.9 Å². The molecule has 0 aliphatic carbocycles. The van der Waals surface area contributed by atoms with Crippen LogP contribution in [0.3, 0.4) is 0 Å². The van der Waals surface area contributed by atoms with Gasteiger partial charge in [0.2, 0.25) is 0 Å². The molecule has 0 aliphatic heterocycles. The molecule has 2 rings (SSSR count). The Labute approximate surface area is 165 Å². The first-order chi connectivity index (χ1) is 13.3. The average molecular weight is 406 g/mol. The van der Waals surface area contributed by atoms with Gasteiger partial charge in [0, 0.05) is 17.8 Å². The monoisotopic (exact) mass is 406 g/mol. The van der Waals surface area contributed by atoms with E-state index in [9.17, 15) is 14.7 Å². The summed E-state index contributed by atoms with van der Waals surface area (Å²) in [4.78, 5) is 10.5. The molecule has 7 nitrogen and oxygen atoms in total. The lowest BCUT2D eigenvalue weighted by Gasteiger charge is -2.28. The van der Waals surface area contributed by atoms with Crippen molar-refractivity contribution in [2.75, 3.05) is 18.5 Å². The quantitative estimate of drug-likeness (QED) is 0.291. The maximum atomic E-state index is 13.5. The van der Waals surface area contributed by atoms with Crippen molar-refractivity contribution in [1.82, 2.24) is 0 Å². The summed E-state index contributed by atoms with van der Waals surface area (Å²) in [5, 5.41) is 14.2. The third kappa shape index (κ3) is 5.41. The van der Waals surface area contributed by atoms with Gasteiger partial charge in [-0.3, -0.25) is 14.7 Å². The van der Waals surface area contributed by atoms with Crippen LogP contribution in [0.1, 0.15) is 50.5 Å². The first-order valence-electron chi connectivity index (χ1n) is 9.30. The van der Waals surface area contributed by atoms with Gasteiger partial charge in [-0.1, -0.05) is 26.0 Å². The number of nitro benzene ring substituents is 1. The van der Waals surface area contributed by atoms with E-state index >= 15 is 0 Å². The summed E-state index contributed by atoms with van der Waals surface area (Å²) < 4.78 is 24.5. The molecule has 0 aliphatic rings. The van der Waals surface area contributed by atoms with Crippen molar-refractivity contribution in [3.63, 3.8) is 0 Å². The predicted molar refractivity (Wildman–Crippen MR) is 111 cm³/mol. The molecular formula is C20H27N2O5P. The normalized spacial score (nSPS) is 12.8. The molecule has 0 bridgehead atoms. The van der Waals surface area contributed by atoms with Crippen LogP contribution in [0.5, 0.6) is 0 Å². The van der Waals surface area contributed by atoms with Crippen molar-refractivity contribution in [2.24, 2.45) is 0 Å². The van der Waals surface area contributed by atoms with Crippen LogP contribution in [0.15, 0.2) is 48.5 Å². The second kappa shape index (κ2) is 9.82. The standard InChI is InChI=1S/C20H27N2O5P/c1-5-26-28(25,27-6-2)20(17-9-13-19(14-10-17)22(23)24)21-18-11-7-16(8-12-18)15(3)4/h7-15,20-21H,5-6H2,1-4H3. The van der Waals surface area contributed by atoms with Crippen LogP contribution in [-0.2, 0) is 13.6 Å². The molecule has 1 unspecified atom stereocenters. The summed E-state index contributed by atoms with van der Waals surface area (Å²) in [6, 6.07) is 13.7. The molecule has 0 spiro atoms. The minimum absolute atomic E-state index is 0.0357. The minimum atomic E-state index is -3.57. The van der Waals surface area contributed by atoms with Crippen LogP contribution in [0.4, 0.5) is 11.4 Å². The molecule has 0 saturated carbocycles. The number of nitrogens with one attached hydrogen (secondary N) is 1. The highest BCUT2D eigenvalue weighted by molar-refractivity contribution is 7.54. The largest absolute Gasteiger partial charge is 0.368 e. The molecule has 1 atom stereocenters. The predicted octanol–water partition coefficient (Wildman–Crippen LogP) is 6.10. The van der Waals surface area contributed by atoms with Gasteiger partial charge >= 0.3 is 7.60 Å². The number of anilines is 1. The third-order valence-electron chi connectivity index (χ3n) is 4.23. The van der Waals surface area contributed by atoms with Gasteiger partial charge < -0.3 is 14.4 Å². The van der Waals surface area contributed by atoms with Gasteiger partial charge in [-0.2, -0.15) is 0 Å². The summed E-state index contributed by atoms with van der Waals surface area (Å²) in [6.45, 7) is 8.15. The topological polar surface area (TPSA) is 90.7 Å². The molecule has 0 aromatic heterocycles. The molecular weight excluding hydrogens is 379 g/mol. The number of nitro groups is 1. The van der Waals surface area contributed by atoms with Gasteiger partial charge in [0.05, 0.1) is 18.1 Å². The lowest BCUT2D eigenvalue weighted by molar-refractivity contribution is -0.384. The van der Waals surface area contributed by atoms with Crippen molar-refractivity contribution < 1.29 is 18.5 Å². The van der Waals surface area contributed by atoms with Gasteiger partial charge in [0.25, 0.3) is 5.69 Å². The van der Waals surface area contributed by atoms with Gasteiger partial charge in [-0.05, 0) is 55.2 Å². The van der Waals surface area contributed by atoms with Crippen molar-refractivity contribution in [3.8, 4) is 0 Å². The van der Waals surface area contributed by atoms with Gasteiger partial charge in [0.1, 0.15) is 0 Å². The molecule has 0 amide bonds. The number of non-ortho nitro benzene ring substituents is 1. The molecule has 2 aromatic rings. The fourth-order valence-corrected chi connectivity index (χ4v) is 4.73. The second-order valence-electron chi connectivity index (χ2n) is 6.55. The van der Waals surface area contributed by atoms with Crippen LogP contribution in [0.2, 0.25) is 0 Å². The molecule has 0 saturated heterocycles. The zero-order chi connectivity index (χ0) is 20.7. The molecule has 0 fully saturated rings. The van der Waals surface area contributed by atoms with E-state index < -0.39 is 18.3 Å². The molecule has 152 valence electrons. The van der Waals surface area contributed by atoms with Gasteiger partial charge in [0.15, 0.2) is 5.78 Å². The third-order valence-corrected chi connectivity index (χ3v) is 6.53. The Bertz CT molecular complexity index is 811. The summed E-state index contributed by atoms with van der Waals surface area (Å²) >= 11 is 0. The smallest absolute Gasteiger partial charge is 0.357 e. The van der Waals surface area contributed by atoms with Gasteiger partial charge in [-0.25, -0.2) is 0 Å². The Kier molecular flexibility index (Phi) is 7.75. The van der Waals surface area contributed by atoms with Crippen molar-refractivity contribution >= 4 is 19.0 Å². The fraction of sp³-hybridized carbons (Fsp3) is 0.400. The summed E-state index contributed by atoms with van der Waals surface area (Å²) in [5.74, 6) is -0.393. The van der Waals surface area contributed by atoms with E-state index in [1.165, 1.54) is 17.7 Å². The molecule has 1 N–H and O–H groups in total. The zero-order valence-corrected chi connectivity index (χ0v) is 17.5. The number of hydrogen-bond donors (Lipinski definition) is 1. The highest BCUT2D eigenvalue weighted by atomic mass is 31.2. The zero-order valence-electron chi connectivity index (χ0n) is 16.6. The van der Waals surface area contributed by atoms with Crippen LogP contribution < -0.4 is 5.32 Å².